The lowest BCUT2D eigenvalue weighted by atomic mass is 10.2. The molecule has 2 rings (SSSR count). The Morgan fingerprint density at radius 3 is 3.05 bits per heavy atom. The van der Waals surface area contributed by atoms with E-state index in [2.05, 4.69) is 15.4 Å². The highest BCUT2D eigenvalue weighted by Crippen LogP contribution is 2.23. The number of hydrogen-bond donors (Lipinski definition) is 2. The molecular formula is C11H12ClN5OS. The first-order valence-corrected chi connectivity index (χ1v) is 6.74. The Morgan fingerprint density at radius 2 is 2.37 bits per heavy atom. The number of anilines is 2. The van der Waals surface area contributed by atoms with Crippen LogP contribution < -0.4 is 11.1 Å². The summed E-state index contributed by atoms with van der Waals surface area (Å²) in [4.78, 5) is 15.8. The second-order valence-corrected chi connectivity index (χ2v) is 5.11. The Kier molecular flexibility index (Phi) is 4.28. The van der Waals surface area contributed by atoms with E-state index in [1.54, 1.807) is 29.9 Å². The van der Waals surface area contributed by atoms with Crippen molar-refractivity contribution in [3.63, 3.8) is 0 Å². The van der Waals surface area contributed by atoms with E-state index in [0.717, 1.165) is 0 Å². The zero-order valence-electron chi connectivity index (χ0n) is 10.1. The minimum Gasteiger partial charge on any atom is -0.397 e. The first-order chi connectivity index (χ1) is 9.06. The normalized spacial score (nSPS) is 10.4. The molecule has 3 N–H and O–H groups in total. The molecule has 0 fully saturated rings. The van der Waals surface area contributed by atoms with Gasteiger partial charge >= 0.3 is 0 Å². The lowest BCUT2D eigenvalue weighted by Gasteiger charge is -2.08. The molecule has 6 nitrogen and oxygen atoms in total. The number of carbonyl (C=O) groups excluding carboxylic acids is 1. The molecule has 0 saturated heterocycles. The van der Waals surface area contributed by atoms with Crippen molar-refractivity contribution in [3.05, 3.63) is 29.5 Å². The average Bonchev–Trinajstić information content (AvgIpc) is 2.77. The van der Waals surface area contributed by atoms with Gasteiger partial charge in [0.05, 0.1) is 17.1 Å². The van der Waals surface area contributed by atoms with Crippen LogP contribution in [-0.4, -0.2) is 26.4 Å². The van der Waals surface area contributed by atoms with Gasteiger partial charge in [-0.05, 0) is 18.2 Å². The van der Waals surface area contributed by atoms with E-state index in [0.29, 0.717) is 21.6 Å². The average molecular weight is 298 g/mol. The van der Waals surface area contributed by atoms with Gasteiger partial charge in [0.15, 0.2) is 5.16 Å². The Hall–Kier alpha value is -1.73. The predicted molar refractivity (Wildman–Crippen MR) is 76.2 cm³/mol. The Morgan fingerprint density at radius 1 is 1.58 bits per heavy atom. The molecule has 8 heteroatoms. The van der Waals surface area contributed by atoms with Crippen LogP contribution >= 0.6 is 23.4 Å². The second kappa shape index (κ2) is 5.94. The van der Waals surface area contributed by atoms with E-state index >= 15 is 0 Å². The molecule has 0 unspecified atom stereocenters. The molecule has 1 aromatic carbocycles. The third-order valence-corrected chi connectivity index (χ3v) is 3.56. The van der Waals surface area contributed by atoms with Crippen molar-refractivity contribution in [2.75, 3.05) is 16.8 Å². The summed E-state index contributed by atoms with van der Waals surface area (Å²) in [5.74, 6) is 0.0420. The zero-order valence-corrected chi connectivity index (χ0v) is 11.7. The summed E-state index contributed by atoms with van der Waals surface area (Å²) in [6.45, 7) is 0. The van der Waals surface area contributed by atoms with Gasteiger partial charge in [0.25, 0.3) is 0 Å². The van der Waals surface area contributed by atoms with E-state index in [4.69, 9.17) is 17.3 Å². The van der Waals surface area contributed by atoms with Gasteiger partial charge in [-0.3, -0.25) is 4.79 Å². The first-order valence-electron chi connectivity index (χ1n) is 5.38. The Labute approximate surface area is 119 Å². The molecule has 0 atom stereocenters. The lowest BCUT2D eigenvalue weighted by Crippen LogP contribution is -2.15. The third-order valence-electron chi connectivity index (χ3n) is 2.29. The first kappa shape index (κ1) is 13.7. The molecule has 0 radical (unpaired) electrons. The number of aromatic nitrogens is 3. The zero-order chi connectivity index (χ0) is 13.8. The third kappa shape index (κ3) is 3.62. The minimum atomic E-state index is -0.179. The highest BCUT2D eigenvalue weighted by molar-refractivity contribution is 7.99. The van der Waals surface area contributed by atoms with Crippen LogP contribution in [0, 0.1) is 0 Å². The van der Waals surface area contributed by atoms with Crippen molar-refractivity contribution in [3.8, 4) is 0 Å². The molecule has 2 aromatic rings. The quantitative estimate of drug-likeness (QED) is 0.663. The fraction of sp³-hybridized carbons (Fsp3) is 0.182. The predicted octanol–water partition coefficient (Wildman–Crippen LogP) is 1.78. The maximum Gasteiger partial charge on any atom is 0.234 e. The number of aryl methyl sites for hydroxylation is 1. The summed E-state index contributed by atoms with van der Waals surface area (Å²) < 4.78 is 1.60. The minimum absolute atomic E-state index is 0.179. The van der Waals surface area contributed by atoms with Gasteiger partial charge in [0.2, 0.25) is 5.91 Å². The molecule has 19 heavy (non-hydrogen) atoms. The number of carbonyl (C=O) groups is 1. The number of nitrogens with one attached hydrogen (secondary N) is 1. The molecule has 0 aliphatic rings. The van der Waals surface area contributed by atoms with Crippen molar-refractivity contribution < 1.29 is 4.79 Å². The number of nitrogen functional groups attached to an aromatic ring is 1. The van der Waals surface area contributed by atoms with Crippen LogP contribution in [0.2, 0.25) is 5.02 Å². The maximum absolute atomic E-state index is 11.8. The number of nitrogens with zero attached hydrogens (tertiary/aromatic N) is 3. The van der Waals surface area contributed by atoms with Gasteiger partial charge in [0, 0.05) is 12.1 Å². The number of rotatable bonds is 4. The molecule has 0 spiro atoms. The molecular weight excluding hydrogens is 286 g/mol. The van der Waals surface area contributed by atoms with Gasteiger partial charge < -0.3 is 11.1 Å². The standard InChI is InChI=1S/C11H12ClN5OS/c1-17-11(14-6-15-17)19-5-10(18)16-9-4-7(12)2-3-8(9)13/h2-4,6H,5,13H2,1H3,(H,16,18). The molecule has 1 heterocycles. The summed E-state index contributed by atoms with van der Waals surface area (Å²) in [7, 11) is 1.77. The van der Waals surface area contributed by atoms with Gasteiger partial charge in [0.1, 0.15) is 6.33 Å². The topological polar surface area (TPSA) is 85.8 Å². The lowest BCUT2D eigenvalue weighted by molar-refractivity contribution is -0.113. The van der Waals surface area contributed by atoms with E-state index in [1.807, 2.05) is 0 Å². The van der Waals surface area contributed by atoms with E-state index < -0.39 is 0 Å². The highest BCUT2D eigenvalue weighted by Gasteiger charge is 2.09. The summed E-state index contributed by atoms with van der Waals surface area (Å²) in [5, 5.41) is 7.82. The van der Waals surface area contributed by atoms with Crippen LogP contribution in [0.15, 0.2) is 29.7 Å². The summed E-state index contributed by atoms with van der Waals surface area (Å²) in [6.07, 6.45) is 1.44. The molecule has 0 saturated carbocycles. The number of benzene rings is 1. The van der Waals surface area contributed by atoms with Gasteiger partial charge in [-0.15, -0.1) is 0 Å². The van der Waals surface area contributed by atoms with Crippen molar-refractivity contribution in [1.82, 2.24) is 14.8 Å². The fourth-order valence-corrected chi connectivity index (χ4v) is 2.23. The fourth-order valence-electron chi connectivity index (χ4n) is 1.37. The van der Waals surface area contributed by atoms with Gasteiger partial charge in [-0.25, -0.2) is 9.67 Å². The molecule has 0 bridgehead atoms. The number of hydrogen-bond acceptors (Lipinski definition) is 5. The second-order valence-electron chi connectivity index (χ2n) is 3.73. The van der Waals surface area contributed by atoms with Crippen LogP contribution in [0.25, 0.3) is 0 Å². The van der Waals surface area contributed by atoms with Crippen molar-refractivity contribution in [2.24, 2.45) is 7.05 Å². The number of halogens is 1. The van der Waals surface area contributed by atoms with Crippen molar-refractivity contribution >= 4 is 40.6 Å². The summed E-state index contributed by atoms with van der Waals surface area (Å²) >= 11 is 7.14. The molecule has 0 aliphatic carbocycles. The Bertz CT molecular complexity index is 601. The van der Waals surface area contributed by atoms with Crippen LogP contribution in [-0.2, 0) is 11.8 Å². The number of amides is 1. The van der Waals surface area contributed by atoms with Gasteiger partial charge in [-0.2, -0.15) is 5.10 Å². The number of thioether (sulfide) groups is 1. The van der Waals surface area contributed by atoms with Crippen LogP contribution in [0.3, 0.4) is 0 Å². The molecule has 100 valence electrons. The SMILES string of the molecule is Cn1ncnc1SCC(=O)Nc1cc(Cl)ccc1N. The van der Waals surface area contributed by atoms with Crippen LogP contribution in [0.1, 0.15) is 0 Å². The van der Waals surface area contributed by atoms with Crippen LogP contribution in [0.5, 0.6) is 0 Å². The van der Waals surface area contributed by atoms with Crippen molar-refractivity contribution in [1.29, 1.82) is 0 Å². The Balaban J connectivity index is 1.94. The van der Waals surface area contributed by atoms with Gasteiger partial charge in [-0.1, -0.05) is 23.4 Å². The smallest absolute Gasteiger partial charge is 0.234 e. The largest absolute Gasteiger partial charge is 0.397 e. The van der Waals surface area contributed by atoms with E-state index in [-0.39, 0.29) is 11.7 Å². The van der Waals surface area contributed by atoms with Crippen molar-refractivity contribution in [2.45, 2.75) is 5.16 Å². The number of nitrogens with two attached hydrogens (primary N) is 1. The molecule has 0 aliphatic heterocycles. The molecule has 1 amide bonds. The van der Waals surface area contributed by atoms with E-state index in [1.165, 1.54) is 18.1 Å². The summed E-state index contributed by atoms with van der Waals surface area (Å²) in [6, 6.07) is 4.93. The maximum atomic E-state index is 11.8. The highest BCUT2D eigenvalue weighted by atomic mass is 35.5. The monoisotopic (exact) mass is 297 g/mol. The summed E-state index contributed by atoms with van der Waals surface area (Å²) in [5.41, 5.74) is 6.73. The molecule has 1 aromatic heterocycles. The van der Waals surface area contributed by atoms with Crippen LogP contribution in [0.4, 0.5) is 11.4 Å². The van der Waals surface area contributed by atoms with E-state index in [9.17, 15) is 4.79 Å².